The minimum atomic E-state index is -3.29. The van der Waals surface area contributed by atoms with Crippen LogP contribution in [-0.2, 0) is 16.4 Å². The number of sulfonamides is 1. The first kappa shape index (κ1) is 25.6. The summed E-state index contributed by atoms with van der Waals surface area (Å²) in [4.78, 5) is 20.7. The van der Waals surface area contributed by atoms with Gasteiger partial charge in [-0.15, -0.1) is 0 Å². The monoisotopic (exact) mass is 521 g/mol. The predicted molar refractivity (Wildman–Crippen MR) is 145 cm³/mol. The van der Waals surface area contributed by atoms with Crippen LogP contribution in [0.4, 0.5) is 0 Å². The van der Waals surface area contributed by atoms with E-state index in [0.717, 1.165) is 43.6 Å². The molecule has 2 aromatic carbocycles. The number of carbonyl (C=O) groups excluding carboxylic acids is 1. The lowest BCUT2D eigenvalue weighted by Crippen LogP contribution is -2.54. The van der Waals surface area contributed by atoms with Crippen molar-refractivity contribution in [2.45, 2.75) is 38.3 Å². The van der Waals surface area contributed by atoms with Crippen molar-refractivity contribution in [3.63, 3.8) is 0 Å². The molecule has 1 N–H and O–H groups in total. The summed E-state index contributed by atoms with van der Waals surface area (Å²) in [6, 6.07) is 20.0. The van der Waals surface area contributed by atoms with Gasteiger partial charge in [0, 0.05) is 50.4 Å². The molecule has 2 fully saturated rings. The Balaban J connectivity index is 1.49. The highest BCUT2D eigenvalue weighted by molar-refractivity contribution is 7.89. The summed E-state index contributed by atoms with van der Waals surface area (Å²) in [6.45, 7) is 4.70. The summed E-state index contributed by atoms with van der Waals surface area (Å²) in [7, 11) is -3.29. The molecule has 8 nitrogen and oxygen atoms in total. The molecule has 3 aromatic rings. The molecule has 2 aliphatic heterocycles. The Kier molecular flexibility index (Phi) is 7.73. The van der Waals surface area contributed by atoms with Crippen molar-refractivity contribution in [2.24, 2.45) is 0 Å². The molecule has 2 aliphatic rings. The van der Waals surface area contributed by atoms with E-state index in [-0.39, 0.29) is 23.7 Å². The molecule has 37 heavy (non-hydrogen) atoms. The number of piperidine rings is 1. The summed E-state index contributed by atoms with van der Waals surface area (Å²) in [6.07, 6.45) is 4.12. The van der Waals surface area contributed by atoms with Crippen molar-refractivity contribution < 1.29 is 13.2 Å². The van der Waals surface area contributed by atoms with Gasteiger partial charge in [-0.2, -0.15) is 4.31 Å². The first-order chi connectivity index (χ1) is 18.0. The lowest BCUT2D eigenvalue weighted by Gasteiger charge is -2.36. The molecule has 0 aliphatic carbocycles. The molecule has 3 heterocycles. The van der Waals surface area contributed by atoms with Crippen molar-refractivity contribution >= 4 is 15.9 Å². The van der Waals surface area contributed by atoms with Crippen molar-refractivity contribution in [2.75, 3.05) is 38.5 Å². The SMILES string of the molecule is CCS(=O)(=O)N1CCCC(n2cnc(C(=O)N3CCNC[C@H]3Cc3ccccc3)c2-c2ccccc2)C1. The number of nitrogens with one attached hydrogen (secondary N) is 1. The number of piperazine rings is 1. The number of hydrogen-bond donors (Lipinski definition) is 1. The fraction of sp³-hybridized carbons (Fsp3) is 0.429. The normalized spacial score (nSPS) is 21.2. The summed E-state index contributed by atoms with van der Waals surface area (Å²) in [5, 5.41) is 3.44. The number of rotatable bonds is 7. The van der Waals surface area contributed by atoms with Crippen LogP contribution in [-0.4, -0.2) is 77.6 Å². The number of nitrogens with zero attached hydrogens (tertiary/aromatic N) is 4. The van der Waals surface area contributed by atoms with E-state index in [9.17, 15) is 13.2 Å². The van der Waals surface area contributed by atoms with Crippen molar-refractivity contribution in [3.8, 4) is 11.3 Å². The van der Waals surface area contributed by atoms with Crippen LogP contribution in [0.3, 0.4) is 0 Å². The van der Waals surface area contributed by atoms with Gasteiger partial charge in [-0.25, -0.2) is 13.4 Å². The Morgan fingerprint density at radius 2 is 1.78 bits per heavy atom. The van der Waals surface area contributed by atoms with E-state index in [4.69, 9.17) is 0 Å². The molecule has 2 atom stereocenters. The third kappa shape index (κ3) is 5.49. The van der Waals surface area contributed by atoms with Gasteiger partial charge >= 0.3 is 0 Å². The summed E-state index contributed by atoms with van der Waals surface area (Å²) >= 11 is 0. The summed E-state index contributed by atoms with van der Waals surface area (Å²) in [5.74, 6) is 0.0129. The van der Waals surface area contributed by atoms with Crippen LogP contribution in [0.15, 0.2) is 67.0 Å². The van der Waals surface area contributed by atoms with Crippen LogP contribution in [0, 0.1) is 0 Å². The molecule has 1 amide bonds. The van der Waals surface area contributed by atoms with Gasteiger partial charge in [-0.3, -0.25) is 4.79 Å². The summed E-state index contributed by atoms with van der Waals surface area (Å²) in [5.41, 5.74) is 3.31. The highest BCUT2D eigenvalue weighted by Gasteiger charge is 2.34. The molecular weight excluding hydrogens is 486 g/mol. The van der Waals surface area contributed by atoms with E-state index in [1.165, 1.54) is 5.56 Å². The fourth-order valence-electron chi connectivity index (χ4n) is 5.49. The minimum Gasteiger partial charge on any atom is -0.331 e. The lowest BCUT2D eigenvalue weighted by molar-refractivity contribution is 0.0631. The van der Waals surface area contributed by atoms with Crippen molar-refractivity contribution in [1.29, 1.82) is 0 Å². The quantitative estimate of drug-likeness (QED) is 0.516. The molecule has 0 bridgehead atoms. The zero-order chi connectivity index (χ0) is 25.8. The van der Waals surface area contributed by atoms with Crippen LogP contribution in [0.5, 0.6) is 0 Å². The first-order valence-electron chi connectivity index (χ1n) is 13.1. The van der Waals surface area contributed by atoms with Crippen LogP contribution in [0.1, 0.15) is 41.9 Å². The third-order valence-electron chi connectivity index (χ3n) is 7.48. The number of benzene rings is 2. The van der Waals surface area contributed by atoms with E-state index in [1.54, 1.807) is 17.6 Å². The molecule has 196 valence electrons. The maximum atomic E-state index is 14.1. The van der Waals surface area contributed by atoms with E-state index >= 15 is 0 Å². The number of hydrogen-bond acceptors (Lipinski definition) is 5. The van der Waals surface area contributed by atoms with Gasteiger partial charge in [0.2, 0.25) is 10.0 Å². The van der Waals surface area contributed by atoms with Gasteiger partial charge in [0.15, 0.2) is 5.69 Å². The zero-order valence-corrected chi connectivity index (χ0v) is 22.1. The molecule has 9 heteroatoms. The van der Waals surface area contributed by atoms with E-state index < -0.39 is 10.0 Å². The molecule has 0 radical (unpaired) electrons. The Morgan fingerprint density at radius 3 is 2.51 bits per heavy atom. The van der Waals surface area contributed by atoms with Gasteiger partial charge in [0.05, 0.1) is 17.8 Å². The number of aromatic nitrogens is 2. The number of amides is 1. The number of imidazole rings is 1. The van der Waals surface area contributed by atoms with Gasteiger partial charge in [0.1, 0.15) is 0 Å². The van der Waals surface area contributed by atoms with E-state index in [2.05, 4.69) is 22.4 Å². The average molecular weight is 522 g/mol. The second-order valence-electron chi connectivity index (χ2n) is 9.82. The highest BCUT2D eigenvalue weighted by Crippen LogP contribution is 2.32. The molecule has 0 spiro atoms. The maximum Gasteiger partial charge on any atom is 0.275 e. The van der Waals surface area contributed by atoms with Crippen LogP contribution < -0.4 is 5.32 Å². The van der Waals surface area contributed by atoms with Gasteiger partial charge in [0.25, 0.3) is 5.91 Å². The largest absolute Gasteiger partial charge is 0.331 e. The van der Waals surface area contributed by atoms with E-state index in [0.29, 0.717) is 25.3 Å². The highest BCUT2D eigenvalue weighted by atomic mass is 32.2. The lowest BCUT2D eigenvalue weighted by atomic mass is 10.0. The zero-order valence-electron chi connectivity index (χ0n) is 21.3. The third-order valence-corrected chi connectivity index (χ3v) is 9.33. The average Bonchev–Trinajstić information content (AvgIpc) is 3.39. The van der Waals surface area contributed by atoms with E-state index in [1.807, 2.05) is 58.0 Å². The predicted octanol–water partition coefficient (Wildman–Crippen LogP) is 3.19. The Hall–Kier alpha value is -3.01. The standard InChI is InChI=1S/C28H35N5O3S/c1-2-37(35,36)31-16-9-14-24(20-31)33-21-30-26(27(33)23-12-7-4-8-13-23)28(34)32-17-15-29-19-25(32)18-22-10-5-3-6-11-22/h3-8,10-13,21,24-25,29H,2,9,14-20H2,1H3/t24?,25-/m1/s1. The molecule has 1 unspecified atom stereocenters. The van der Waals surface area contributed by atoms with Crippen LogP contribution >= 0.6 is 0 Å². The molecule has 5 rings (SSSR count). The van der Waals surface area contributed by atoms with Gasteiger partial charge < -0.3 is 14.8 Å². The van der Waals surface area contributed by atoms with Crippen molar-refractivity contribution in [1.82, 2.24) is 24.1 Å². The Labute approximate surface area is 219 Å². The van der Waals surface area contributed by atoms with Crippen molar-refractivity contribution in [3.05, 3.63) is 78.2 Å². The fourth-order valence-corrected chi connectivity index (χ4v) is 6.66. The minimum absolute atomic E-state index is 0.0253. The molecule has 2 saturated heterocycles. The molecular formula is C28H35N5O3S. The smallest absolute Gasteiger partial charge is 0.275 e. The molecule has 0 saturated carbocycles. The number of carbonyl (C=O) groups is 1. The van der Waals surface area contributed by atoms with Gasteiger partial charge in [-0.05, 0) is 31.7 Å². The summed E-state index contributed by atoms with van der Waals surface area (Å²) < 4.78 is 28.9. The first-order valence-corrected chi connectivity index (χ1v) is 14.7. The molecule has 1 aromatic heterocycles. The maximum absolute atomic E-state index is 14.1. The topological polar surface area (TPSA) is 87.5 Å². The van der Waals surface area contributed by atoms with Crippen LogP contribution in [0.25, 0.3) is 11.3 Å². The Morgan fingerprint density at radius 1 is 1.05 bits per heavy atom. The van der Waals surface area contributed by atoms with Crippen LogP contribution in [0.2, 0.25) is 0 Å². The van der Waals surface area contributed by atoms with Gasteiger partial charge in [-0.1, -0.05) is 60.7 Å². The second kappa shape index (κ2) is 11.2. The Bertz CT molecular complexity index is 1310. The second-order valence-corrected chi connectivity index (χ2v) is 12.1.